The van der Waals surface area contributed by atoms with Crippen molar-refractivity contribution in [2.75, 3.05) is 25.9 Å². The zero-order valence-electron chi connectivity index (χ0n) is 13.1. The molecule has 0 saturated carbocycles. The van der Waals surface area contributed by atoms with E-state index in [0.29, 0.717) is 22.0 Å². The van der Waals surface area contributed by atoms with Crippen LogP contribution >= 0.6 is 24.0 Å². The number of carbonyl (C=O) groups is 1. The van der Waals surface area contributed by atoms with E-state index in [1.807, 2.05) is 4.90 Å². The van der Waals surface area contributed by atoms with Gasteiger partial charge < -0.3 is 15.4 Å². The molecule has 2 N–H and O–H groups in total. The van der Waals surface area contributed by atoms with Crippen LogP contribution in [0, 0.1) is 5.92 Å². The molecule has 2 rings (SSSR count). The summed E-state index contributed by atoms with van der Waals surface area (Å²) < 4.78 is 5.28. The Morgan fingerprint density at radius 3 is 2.77 bits per heavy atom. The Hall–Kier alpha value is -1.13. The standard InChI is InChI=1S/C16H23ClN2O2.ClH/c1-3-11-5-4-7-19(8-6-11)16(20)12-9-13(17)14(18)10-15(12)21-2;/h9-11H,3-8,18H2,1-2H3;1H. The van der Waals surface area contributed by atoms with Crippen LogP contribution in [0.25, 0.3) is 0 Å². The Kier molecular flexibility index (Phi) is 7.30. The predicted octanol–water partition coefficient (Wildman–Crippen LogP) is 4.00. The quantitative estimate of drug-likeness (QED) is 0.841. The summed E-state index contributed by atoms with van der Waals surface area (Å²) in [5.74, 6) is 1.18. The van der Waals surface area contributed by atoms with Gasteiger partial charge in [0, 0.05) is 19.2 Å². The van der Waals surface area contributed by atoms with Gasteiger partial charge in [0.05, 0.1) is 23.4 Å². The van der Waals surface area contributed by atoms with Crippen LogP contribution in [0.15, 0.2) is 12.1 Å². The third-order valence-corrected chi connectivity index (χ3v) is 4.59. The maximum Gasteiger partial charge on any atom is 0.257 e. The van der Waals surface area contributed by atoms with Gasteiger partial charge in [0.25, 0.3) is 5.91 Å². The molecule has 1 aromatic carbocycles. The van der Waals surface area contributed by atoms with Gasteiger partial charge in [0.2, 0.25) is 0 Å². The van der Waals surface area contributed by atoms with Crippen LogP contribution in [0.4, 0.5) is 5.69 Å². The summed E-state index contributed by atoms with van der Waals surface area (Å²) in [4.78, 5) is 14.6. The van der Waals surface area contributed by atoms with E-state index in [0.717, 1.165) is 31.8 Å². The summed E-state index contributed by atoms with van der Waals surface area (Å²) in [5.41, 5.74) is 6.68. The first kappa shape index (κ1) is 18.9. The molecule has 0 aliphatic carbocycles. The molecular weight excluding hydrogens is 323 g/mol. The third kappa shape index (κ3) is 4.20. The fourth-order valence-electron chi connectivity index (χ4n) is 2.85. The van der Waals surface area contributed by atoms with Gasteiger partial charge in [-0.15, -0.1) is 12.4 Å². The lowest BCUT2D eigenvalue weighted by atomic mass is 9.98. The second-order valence-electron chi connectivity index (χ2n) is 5.57. The highest BCUT2D eigenvalue weighted by molar-refractivity contribution is 6.33. The summed E-state index contributed by atoms with van der Waals surface area (Å²) in [5, 5.41) is 0.389. The summed E-state index contributed by atoms with van der Waals surface area (Å²) in [7, 11) is 1.54. The Labute approximate surface area is 143 Å². The maximum absolute atomic E-state index is 12.7. The first-order chi connectivity index (χ1) is 10.1. The average molecular weight is 347 g/mol. The minimum atomic E-state index is -0.0227. The van der Waals surface area contributed by atoms with E-state index >= 15 is 0 Å². The Balaban J connectivity index is 0.00000242. The number of hydrogen-bond donors (Lipinski definition) is 1. The smallest absolute Gasteiger partial charge is 0.257 e. The van der Waals surface area contributed by atoms with Gasteiger partial charge >= 0.3 is 0 Å². The number of ether oxygens (including phenoxy) is 1. The van der Waals surface area contributed by atoms with E-state index in [1.54, 1.807) is 12.1 Å². The number of nitrogen functional groups attached to an aromatic ring is 1. The number of hydrogen-bond acceptors (Lipinski definition) is 3. The second-order valence-corrected chi connectivity index (χ2v) is 5.98. The van der Waals surface area contributed by atoms with Gasteiger partial charge in [-0.25, -0.2) is 0 Å². The van der Waals surface area contributed by atoms with Crippen molar-refractivity contribution in [3.05, 3.63) is 22.7 Å². The fraction of sp³-hybridized carbons (Fsp3) is 0.562. The lowest BCUT2D eigenvalue weighted by molar-refractivity contribution is 0.0756. The molecule has 1 fully saturated rings. The zero-order valence-corrected chi connectivity index (χ0v) is 14.7. The topological polar surface area (TPSA) is 55.6 Å². The van der Waals surface area contributed by atoms with Crippen LogP contribution < -0.4 is 10.5 Å². The highest BCUT2D eigenvalue weighted by atomic mass is 35.5. The van der Waals surface area contributed by atoms with E-state index < -0.39 is 0 Å². The minimum Gasteiger partial charge on any atom is -0.496 e. The van der Waals surface area contributed by atoms with Gasteiger partial charge in [-0.05, 0) is 31.2 Å². The molecule has 0 bridgehead atoms. The minimum absolute atomic E-state index is 0. The SMILES string of the molecule is CCC1CCCN(C(=O)c2cc(Cl)c(N)cc2OC)CC1.Cl. The molecule has 22 heavy (non-hydrogen) atoms. The van der Waals surface area contributed by atoms with Crippen LogP contribution in [0.3, 0.4) is 0 Å². The molecule has 1 aromatic rings. The van der Waals surface area contributed by atoms with Gasteiger partial charge in [-0.2, -0.15) is 0 Å². The molecular formula is C16H24Cl2N2O2. The molecule has 1 saturated heterocycles. The highest BCUT2D eigenvalue weighted by Gasteiger charge is 2.24. The lowest BCUT2D eigenvalue weighted by Gasteiger charge is -2.22. The Morgan fingerprint density at radius 2 is 2.14 bits per heavy atom. The van der Waals surface area contributed by atoms with Crippen molar-refractivity contribution in [2.24, 2.45) is 5.92 Å². The zero-order chi connectivity index (χ0) is 15.4. The first-order valence-corrected chi connectivity index (χ1v) is 7.86. The predicted molar refractivity (Wildman–Crippen MR) is 93.2 cm³/mol. The summed E-state index contributed by atoms with van der Waals surface area (Å²) in [6.07, 6.45) is 4.49. The maximum atomic E-state index is 12.7. The number of methoxy groups -OCH3 is 1. The van der Waals surface area contributed by atoms with E-state index in [4.69, 9.17) is 22.1 Å². The molecule has 1 amide bonds. The van der Waals surface area contributed by atoms with E-state index in [9.17, 15) is 4.79 Å². The van der Waals surface area contributed by atoms with Gasteiger partial charge in [-0.1, -0.05) is 24.9 Å². The molecule has 1 aliphatic heterocycles. The molecule has 1 heterocycles. The largest absolute Gasteiger partial charge is 0.496 e. The molecule has 0 aromatic heterocycles. The first-order valence-electron chi connectivity index (χ1n) is 7.49. The molecule has 0 radical (unpaired) electrons. The number of benzene rings is 1. The van der Waals surface area contributed by atoms with Crippen LogP contribution in [-0.2, 0) is 0 Å². The van der Waals surface area contributed by atoms with E-state index in [2.05, 4.69) is 6.92 Å². The number of amides is 1. The molecule has 1 atom stereocenters. The highest BCUT2D eigenvalue weighted by Crippen LogP contribution is 2.30. The number of likely N-dealkylation sites (tertiary alicyclic amines) is 1. The van der Waals surface area contributed by atoms with Crippen molar-refractivity contribution in [1.29, 1.82) is 0 Å². The second kappa shape index (κ2) is 8.49. The van der Waals surface area contributed by atoms with Crippen molar-refractivity contribution in [1.82, 2.24) is 4.90 Å². The number of carbonyl (C=O) groups excluding carboxylic acids is 1. The van der Waals surface area contributed by atoms with Crippen molar-refractivity contribution in [3.63, 3.8) is 0 Å². The van der Waals surface area contributed by atoms with Crippen molar-refractivity contribution in [3.8, 4) is 5.75 Å². The molecule has 6 heteroatoms. The fourth-order valence-corrected chi connectivity index (χ4v) is 3.02. The third-order valence-electron chi connectivity index (χ3n) is 4.26. The van der Waals surface area contributed by atoms with E-state index in [-0.39, 0.29) is 18.3 Å². The monoisotopic (exact) mass is 346 g/mol. The summed E-state index contributed by atoms with van der Waals surface area (Å²) in [6.45, 7) is 3.80. The average Bonchev–Trinajstić information content (AvgIpc) is 2.74. The Bertz CT molecular complexity index is 523. The number of nitrogens with two attached hydrogens (primary N) is 1. The molecule has 4 nitrogen and oxygen atoms in total. The normalized spacial score (nSPS) is 18.3. The Morgan fingerprint density at radius 1 is 1.41 bits per heavy atom. The molecule has 1 unspecified atom stereocenters. The van der Waals surface area contributed by atoms with Crippen molar-refractivity contribution < 1.29 is 9.53 Å². The van der Waals surface area contributed by atoms with E-state index in [1.165, 1.54) is 20.0 Å². The van der Waals surface area contributed by atoms with Crippen molar-refractivity contribution >= 4 is 35.6 Å². The number of nitrogens with zero attached hydrogens (tertiary/aromatic N) is 1. The summed E-state index contributed by atoms with van der Waals surface area (Å²) in [6, 6.07) is 3.22. The van der Waals surface area contributed by atoms with Crippen LogP contribution in [-0.4, -0.2) is 31.0 Å². The number of halogens is 2. The lowest BCUT2D eigenvalue weighted by Crippen LogP contribution is -2.32. The van der Waals surface area contributed by atoms with Gasteiger partial charge in [-0.3, -0.25) is 4.79 Å². The van der Waals surface area contributed by atoms with Crippen LogP contribution in [0.1, 0.15) is 43.0 Å². The van der Waals surface area contributed by atoms with Crippen LogP contribution in [0.5, 0.6) is 5.75 Å². The number of anilines is 1. The van der Waals surface area contributed by atoms with Crippen LogP contribution in [0.2, 0.25) is 5.02 Å². The summed E-state index contributed by atoms with van der Waals surface area (Å²) >= 11 is 6.05. The molecule has 0 spiro atoms. The number of rotatable bonds is 3. The van der Waals surface area contributed by atoms with Crippen molar-refractivity contribution in [2.45, 2.75) is 32.6 Å². The molecule has 1 aliphatic rings. The molecule has 124 valence electrons. The van der Waals surface area contributed by atoms with Gasteiger partial charge in [0.1, 0.15) is 5.75 Å². The van der Waals surface area contributed by atoms with Gasteiger partial charge in [0.15, 0.2) is 0 Å².